The highest BCUT2D eigenvalue weighted by Gasteiger charge is 2.30. The van der Waals surface area contributed by atoms with E-state index < -0.39 is 0 Å². The van der Waals surface area contributed by atoms with Gasteiger partial charge in [0.2, 0.25) is 5.91 Å². The predicted molar refractivity (Wildman–Crippen MR) is 66.6 cm³/mol. The summed E-state index contributed by atoms with van der Waals surface area (Å²) in [6.45, 7) is 5.10. The summed E-state index contributed by atoms with van der Waals surface area (Å²) >= 11 is 1.79. The van der Waals surface area contributed by atoms with Crippen molar-refractivity contribution in [2.45, 2.75) is 32.4 Å². The summed E-state index contributed by atoms with van der Waals surface area (Å²) in [7, 11) is 1.87. The van der Waals surface area contributed by atoms with E-state index in [0.717, 1.165) is 13.0 Å². The minimum atomic E-state index is 0.00223. The Bertz CT molecular complexity index is 388. The van der Waals surface area contributed by atoms with Crippen molar-refractivity contribution >= 4 is 17.2 Å². The molecule has 0 saturated carbocycles. The average molecular weight is 238 g/mol. The fraction of sp³-hybridized carbons (Fsp3) is 0.583. The van der Waals surface area contributed by atoms with E-state index in [1.807, 2.05) is 7.05 Å². The first-order valence-electron chi connectivity index (χ1n) is 5.65. The van der Waals surface area contributed by atoms with Crippen molar-refractivity contribution in [3.05, 3.63) is 21.9 Å². The molecule has 0 aliphatic carbocycles. The quantitative estimate of drug-likeness (QED) is 0.873. The predicted octanol–water partition coefficient (Wildman–Crippen LogP) is 1.94. The van der Waals surface area contributed by atoms with Crippen LogP contribution < -0.4 is 5.32 Å². The molecule has 1 N–H and O–H groups in total. The highest BCUT2D eigenvalue weighted by atomic mass is 32.1. The average Bonchev–Trinajstić information content (AvgIpc) is 2.79. The SMILES string of the molecule is Cc1ccc(C(C)NC2CCN(C)C2=O)s1. The van der Waals surface area contributed by atoms with Crippen molar-refractivity contribution in [2.75, 3.05) is 13.6 Å². The monoisotopic (exact) mass is 238 g/mol. The Labute approximate surface area is 100 Å². The van der Waals surface area contributed by atoms with E-state index in [2.05, 4.69) is 31.3 Å². The number of nitrogens with zero attached hydrogens (tertiary/aromatic N) is 1. The number of likely N-dealkylation sites (N-methyl/N-ethyl adjacent to an activating group) is 1. The molecule has 1 aromatic heterocycles. The van der Waals surface area contributed by atoms with Gasteiger partial charge in [0.25, 0.3) is 0 Å². The van der Waals surface area contributed by atoms with E-state index >= 15 is 0 Å². The van der Waals surface area contributed by atoms with Gasteiger partial charge in [0.15, 0.2) is 0 Å². The van der Waals surface area contributed by atoms with E-state index in [9.17, 15) is 4.79 Å². The van der Waals surface area contributed by atoms with E-state index in [1.54, 1.807) is 16.2 Å². The van der Waals surface area contributed by atoms with Crippen LogP contribution >= 0.6 is 11.3 Å². The number of carbonyl (C=O) groups is 1. The Morgan fingerprint density at radius 1 is 1.56 bits per heavy atom. The fourth-order valence-corrected chi connectivity index (χ4v) is 2.94. The van der Waals surface area contributed by atoms with Crippen molar-refractivity contribution < 1.29 is 4.79 Å². The summed E-state index contributed by atoms with van der Waals surface area (Å²) in [6, 6.07) is 4.53. The molecule has 0 bridgehead atoms. The molecule has 0 radical (unpaired) electrons. The number of aryl methyl sites for hydroxylation is 1. The number of nitrogens with one attached hydrogen (secondary N) is 1. The number of carbonyl (C=O) groups excluding carboxylic acids is 1. The fourth-order valence-electron chi connectivity index (χ4n) is 2.05. The van der Waals surface area contributed by atoms with E-state index in [1.165, 1.54) is 9.75 Å². The highest BCUT2D eigenvalue weighted by Crippen LogP contribution is 2.23. The minimum absolute atomic E-state index is 0.00223. The molecule has 1 saturated heterocycles. The summed E-state index contributed by atoms with van der Waals surface area (Å²) in [6.07, 6.45) is 0.921. The summed E-state index contributed by atoms with van der Waals surface area (Å²) in [5.41, 5.74) is 0. The first-order chi connectivity index (χ1) is 7.58. The van der Waals surface area contributed by atoms with Gasteiger partial charge in [-0.25, -0.2) is 0 Å². The minimum Gasteiger partial charge on any atom is -0.344 e. The molecule has 3 nitrogen and oxygen atoms in total. The Hall–Kier alpha value is -0.870. The summed E-state index contributed by atoms with van der Waals surface area (Å²) in [4.78, 5) is 16.2. The van der Waals surface area contributed by atoms with Gasteiger partial charge in [0, 0.05) is 29.4 Å². The normalized spacial score (nSPS) is 22.8. The molecule has 2 rings (SSSR count). The topological polar surface area (TPSA) is 32.3 Å². The van der Waals surface area contributed by atoms with Crippen LogP contribution in [0.5, 0.6) is 0 Å². The molecule has 1 aromatic rings. The molecular weight excluding hydrogens is 220 g/mol. The molecule has 0 spiro atoms. The summed E-state index contributed by atoms with van der Waals surface area (Å²) in [5, 5.41) is 3.41. The number of rotatable bonds is 3. The zero-order valence-corrected chi connectivity index (χ0v) is 10.8. The van der Waals surface area contributed by atoms with Crippen LogP contribution in [0.2, 0.25) is 0 Å². The first kappa shape index (κ1) is 11.6. The van der Waals surface area contributed by atoms with Gasteiger partial charge in [0.1, 0.15) is 0 Å². The maximum absolute atomic E-state index is 11.7. The molecule has 1 aliphatic heterocycles. The van der Waals surface area contributed by atoms with Gasteiger partial charge in [-0.15, -0.1) is 11.3 Å². The molecule has 16 heavy (non-hydrogen) atoms. The maximum Gasteiger partial charge on any atom is 0.239 e. The van der Waals surface area contributed by atoms with Gasteiger partial charge in [-0.2, -0.15) is 0 Å². The molecule has 1 amide bonds. The van der Waals surface area contributed by atoms with Gasteiger partial charge in [-0.1, -0.05) is 0 Å². The molecule has 4 heteroatoms. The van der Waals surface area contributed by atoms with Crippen LogP contribution in [0.15, 0.2) is 12.1 Å². The van der Waals surface area contributed by atoms with Gasteiger partial charge in [0.05, 0.1) is 6.04 Å². The molecule has 1 aliphatic rings. The first-order valence-corrected chi connectivity index (χ1v) is 6.47. The lowest BCUT2D eigenvalue weighted by Crippen LogP contribution is -2.38. The van der Waals surface area contributed by atoms with E-state index in [-0.39, 0.29) is 18.0 Å². The van der Waals surface area contributed by atoms with Crippen LogP contribution in [0.3, 0.4) is 0 Å². The lowest BCUT2D eigenvalue weighted by Gasteiger charge is -2.17. The van der Waals surface area contributed by atoms with Crippen LogP contribution in [-0.2, 0) is 4.79 Å². The van der Waals surface area contributed by atoms with Crippen LogP contribution in [0.1, 0.15) is 29.1 Å². The zero-order valence-electron chi connectivity index (χ0n) is 9.99. The number of hydrogen-bond donors (Lipinski definition) is 1. The third-order valence-corrected chi connectivity index (χ3v) is 4.25. The molecule has 0 aromatic carbocycles. The molecule has 2 heterocycles. The van der Waals surface area contributed by atoms with Crippen molar-refractivity contribution in [3.63, 3.8) is 0 Å². The summed E-state index contributed by atoms with van der Waals surface area (Å²) in [5.74, 6) is 0.222. The second-order valence-electron chi connectivity index (χ2n) is 4.44. The van der Waals surface area contributed by atoms with Crippen molar-refractivity contribution in [1.29, 1.82) is 0 Å². The second kappa shape index (κ2) is 4.55. The molecule has 1 fully saturated rings. The molecule has 88 valence electrons. The lowest BCUT2D eigenvalue weighted by atomic mass is 10.2. The number of hydrogen-bond acceptors (Lipinski definition) is 3. The third-order valence-electron chi connectivity index (χ3n) is 3.07. The van der Waals surface area contributed by atoms with Crippen LogP contribution in [-0.4, -0.2) is 30.4 Å². The van der Waals surface area contributed by atoms with Crippen LogP contribution in [0, 0.1) is 6.92 Å². The Morgan fingerprint density at radius 2 is 2.31 bits per heavy atom. The smallest absolute Gasteiger partial charge is 0.239 e. The van der Waals surface area contributed by atoms with Crippen molar-refractivity contribution in [3.8, 4) is 0 Å². The standard InChI is InChI=1S/C12H18N2OS/c1-8-4-5-11(16-8)9(2)13-10-6-7-14(3)12(10)15/h4-5,9-10,13H,6-7H2,1-3H3. The number of thiophene rings is 1. The van der Waals surface area contributed by atoms with E-state index in [4.69, 9.17) is 0 Å². The van der Waals surface area contributed by atoms with Gasteiger partial charge >= 0.3 is 0 Å². The van der Waals surface area contributed by atoms with Crippen molar-refractivity contribution in [1.82, 2.24) is 10.2 Å². The van der Waals surface area contributed by atoms with Gasteiger partial charge in [-0.05, 0) is 32.4 Å². The second-order valence-corrected chi connectivity index (χ2v) is 5.76. The lowest BCUT2D eigenvalue weighted by molar-refractivity contribution is -0.128. The largest absolute Gasteiger partial charge is 0.344 e. The number of amides is 1. The van der Waals surface area contributed by atoms with Crippen LogP contribution in [0.25, 0.3) is 0 Å². The van der Waals surface area contributed by atoms with E-state index in [0.29, 0.717) is 0 Å². The molecular formula is C12H18N2OS. The number of likely N-dealkylation sites (tertiary alicyclic amines) is 1. The Balaban J connectivity index is 1.97. The highest BCUT2D eigenvalue weighted by molar-refractivity contribution is 7.12. The van der Waals surface area contributed by atoms with Gasteiger partial charge in [-0.3, -0.25) is 10.1 Å². The zero-order chi connectivity index (χ0) is 11.7. The Morgan fingerprint density at radius 3 is 2.81 bits per heavy atom. The maximum atomic E-state index is 11.7. The Kier molecular flexibility index (Phi) is 3.30. The third kappa shape index (κ3) is 2.28. The summed E-state index contributed by atoms with van der Waals surface area (Å²) < 4.78 is 0. The van der Waals surface area contributed by atoms with Crippen molar-refractivity contribution in [2.24, 2.45) is 0 Å². The van der Waals surface area contributed by atoms with Gasteiger partial charge < -0.3 is 4.90 Å². The van der Waals surface area contributed by atoms with Crippen LogP contribution in [0.4, 0.5) is 0 Å². The molecule has 2 unspecified atom stereocenters. The molecule has 2 atom stereocenters.